The van der Waals surface area contributed by atoms with Gasteiger partial charge in [0.15, 0.2) is 5.76 Å². The number of nitrogens with zero attached hydrogens (tertiary/aromatic N) is 2. The van der Waals surface area contributed by atoms with Crippen molar-refractivity contribution >= 4 is 28.7 Å². The number of aliphatic hydroxyl groups is 1. The van der Waals surface area contributed by atoms with Gasteiger partial charge in [-0.2, -0.15) is 0 Å². The Hall–Kier alpha value is -3.39. The fraction of sp³-hybridized carbons (Fsp3) is 0.261. The van der Waals surface area contributed by atoms with Gasteiger partial charge in [-0.1, -0.05) is 13.0 Å². The molecule has 1 unspecified atom stereocenters. The third-order valence-electron chi connectivity index (χ3n) is 4.94. The summed E-state index contributed by atoms with van der Waals surface area (Å²) in [7, 11) is 0. The lowest BCUT2D eigenvalue weighted by Gasteiger charge is -2.25. The minimum absolute atomic E-state index is 0.0217. The molecule has 1 aliphatic rings. The van der Waals surface area contributed by atoms with E-state index < -0.39 is 23.5 Å². The van der Waals surface area contributed by atoms with E-state index in [0.717, 1.165) is 11.4 Å². The topological polar surface area (TPSA) is 92.9 Å². The van der Waals surface area contributed by atoms with Crippen LogP contribution in [-0.2, 0) is 4.79 Å². The van der Waals surface area contributed by atoms with Gasteiger partial charge in [0, 0.05) is 11.8 Å². The molecule has 1 N–H and O–H groups in total. The van der Waals surface area contributed by atoms with Crippen LogP contribution in [0.4, 0.5) is 5.69 Å². The van der Waals surface area contributed by atoms with Gasteiger partial charge in [-0.15, -0.1) is 11.3 Å². The average Bonchev–Trinajstić information content (AvgIpc) is 3.45. The number of Topliss-reactive ketones (excluding diaryl/α,β-unsaturated/α-hetero) is 1. The molecule has 0 radical (unpaired) electrons. The number of hydrogen-bond acceptors (Lipinski definition) is 7. The lowest BCUT2D eigenvalue weighted by Crippen LogP contribution is -2.30. The zero-order chi connectivity index (χ0) is 22.1. The van der Waals surface area contributed by atoms with E-state index in [1.54, 1.807) is 50.2 Å². The van der Waals surface area contributed by atoms with Crippen molar-refractivity contribution in [3.63, 3.8) is 0 Å². The summed E-state index contributed by atoms with van der Waals surface area (Å²) in [4.78, 5) is 32.6. The maximum Gasteiger partial charge on any atom is 0.294 e. The van der Waals surface area contributed by atoms with E-state index >= 15 is 0 Å². The molecule has 0 saturated heterocycles. The van der Waals surface area contributed by atoms with Crippen LogP contribution < -0.4 is 9.64 Å². The molecule has 0 bridgehead atoms. The quantitative estimate of drug-likeness (QED) is 0.526. The first-order chi connectivity index (χ1) is 14.9. The number of benzene rings is 1. The van der Waals surface area contributed by atoms with Gasteiger partial charge < -0.3 is 14.3 Å². The number of carbonyl (C=O) groups is 2. The number of ether oxygens (including phenoxy) is 1. The van der Waals surface area contributed by atoms with Gasteiger partial charge in [0.2, 0.25) is 5.78 Å². The van der Waals surface area contributed by atoms with Crippen LogP contribution >= 0.6 is 11.3 Å². The SMILES string of the molecule is CCCOc1cccc(N2C(=O)C(O)=C(C(=O)c3sc(C)nc3C)C2c2ccco2)c1. The summed E-state index contributed by atoms with van der Waals surface area (Å²) in [6.07, 6.45) is 2.31. The molecule has 0 spiro atoms. The first-order valence-electron chi connectivity index (χ1n) is 9.94. The predicted molar refractivity (Wildman–Crippen MR) is 117 cm³/mol. The molecule has 0 fully saturated rings. The molecule has 3 aromatic rings. The molecule has 3 heterocycles. The second-order valence-corrected chi connectivity index (χ2v) is 8.38. The van der Waals surface area contributed by atoms with Crippen molar-refractivity contribution in [2.75, 3.05) is 11.5 Å². The van der Waals surface area contributed by atoms with Crippen molar-refractivity contribution in [1.82, 2.24) is 4.98 Å². The van der Waals surface area contributed by atoms with Crippen LogP contribution in [0.15, 0.2) is 58.4 Å². The number of carbonyl (C=O) groups excluding carboxylic acids is 2. The van der Waals surface area contributed by atoms with Crippen LogP contribution in [0.2, 0.25) is 0 Å². The summed E-state index contributed by atoms with van der Waals surface area (Å²) < 4.78 is 11.3. The molecule has 1 atom stereocenters. The third-order valence-corrected chi connectivity index (χ3v) is 6.02. The van der Waals surface area contributed by atoms with Crippen LogP contribution in [0.25, 0.3) is 0 Å². The van der Waals surface area contributed by atoms with Crippen LogP contribution in [-0.4, -0.2) is 28.4 Å². The Balaban J connectivity index is 1.81. The zero-order valence-corrected chi connectivity index (χ0v) is 18.2. The number of aromatic nitrogens is 1. The predicted octanol–water partition coefficient (Wildman–Crippen LogP) is 4.92. The molecule has 160 valence electrons. The first-order valence-corrected chi connectivity index (χ1v) is 10.8. The Morgan fingerprint density at radius 2 is 2.10 bits per heavy atom. The molecule has 7 nitrogen and oxygen atoms in total. The zero-order valence-electron chi connectivity index (χ0n) is 17.4. The number of furan rings is 1. The Kier molecular flexibility index (Phi) is 5.65. The number of anilines is 1. The molecule has 1 amide bonds. The highest BCUT2D eigenvalue weighted by molar-refractivity contribution is 7.14. The Labute approximate surface area is 183 Å². The molecule has 1 aromatic carbocycles. The Morgan fingerprint density at radius 1 is 1.29 bits per heavy atom. The number of amides is 1. The number of ketones is 1. The van der Waals surface area contributed by atoms with Gasteiger partial charge in [0.25, 0.3) is 5.91 Å². The van der Waals surface area contributed by atoms with Gasteiger partial charge in [0.05, 0.1) is 34.0 Å². The summed E-state index contributed by atoms with van der Waals surface area (Å²) in [6.45, 7) is 6.08. The van der Waals surface area contributed by atoms with Crippen molar-refractivity contribution in [3.05, 3.63) is 75.3 Å². The smallest absolute Gasteiger partial charge is 0.294 e. The van der Waals surface area contributed by atoms with Crippen molar-refractivity contribution in [3.8, 4) is 5.75 Å². The molecule has 1 aliphatic heterocycles. The summed E-state index contributed by atoms with van der Waals surface area (Å²) in [6, 6.07) is 9.46. The number of rotatable bonds is 7. The highest BCUT2D eigenvalue weighted by atomic mass is 32.1. The maximum absolute atomic E-state index is 13.4. The summed E-state index contributed by atoms with van der Waals surface area (Å²) in [5.41, 5.74) is 1.03. The van der Waals surface area contributed by atoms with E-state index in [9.17, 15) is 14.7 Å². The number of thiazole rings is 1. The van der Waals surface area contributed by atoms with Crippen molar-refractivity contribution < 1.29 is 23.8 Å². The highest BCUT2D eigenvalue weighted by Gasteiger charge is 2.46. The molecule has 0 saturated carbocycles. The second kappa shape index (κ2) is 8.39. The van der Waals surface area contributed by atoms with E-state index in [1.807, 2.05) is 6.92 Å². The van der Waals surface area contributed by atoms with E-state index in [0.29, 0.717) is 34.4 Å². The Morgan fingerprint density at radius 3 is 2.74 bits per heavy atom. The molecular weight excluding hydrogens is 416 g/mol. The summed E-state index contributed by atoms with van der Waals surface area (Å²) >= 11 is 1.23. The van der Waals surface area contributed by atoms with Gasteiger partial charge in [-0.3, -0.25) is 14.5 Å². The molecular formula is C23H22N2O5S. The highest BCUT2D eigenvalue weighted by Crippen LogP contribution is 2.43. The molecule has 4 rings (SSSR count). The van der Waals surface area contributed by atoms with Gasteiger partial charge >= 0.3 is 0 Å². The van der Waals surface area contributed by atoms with Gasteiger partial charge in [-0.05, 0) is 44.5 Å². The monoisotopic (exact) mass is 438 g/mol. The van der Waals surface area contributed by atoms with E-state index in [2.05, 4.69) is 4.98 Å². The molecule has 31 heavy (non-hydrogen) atoms. The van der Waals surface area contributed by atoms with Crippen LogP contribution in [0, 0.1) is 13.8 Å². The molecule has 8 heteroatoms. The van der Waals surface area contributed by atoms with Gasteiger partial charge in [0.1, 0.15) is 17.6 Å². The second-order valence-electron chi connectivity index (χ2n) is 7.18. The average molecular weight is 439 g/mol. The van der Waals surface area contributed by atoms with Crippen LogP contribution in [0.1, 0.15) is 45.5 Å². The molecule has 0 aliphatic carbocycles. The van der Waals surface area contributed by atoms with Crippen LogP contribution in [0.3, 0.4) is 0 Å². The normalized spacial score (nSPS) is 16.3. The number of aryl methyl sites for hydroxylation is 2. The number of aliphatic hydroxyl groups excluding tert-OH is 1. The standard InChI is InChI=1S/C23H22N2O5S/c1-4-10-29-16-8-5-7-15(12-16)25-19(17-9-6-11-30-17)18(21(27)23(25)28)20(26)22-13(2)24-14(3)31-22/h5-9,11-12,19,27H,4,10H2,1-3H3. The van der Waals surface area contributed by atoms with Crippen molar-refractivity contribution in [1.29, 1.82) is 0 Å². The minimum atomic E-state index is -0.904. The van der Waals surface area contributed by atoms with Crippen molar-refractivity contribution in [2.24, 2.45) is 0 Å². The number of hydrogen-bond donors (Lipinski definition) is 1. The fourth-order valence-electron chi connectivity index (χ4n) is 3.63. The first kappa shape index (κ1) is 20.9. The Bertz CT molecular complexity index is 1160. The fourth-order valence-corrected chi connectivity index (χ4v) is 4.50. The van der Waals surface area contributed by atoms with Crippen molar-refractivity contribution in [2.45, 2.75) is 33.2 Å². The lowest BCUT2D eigenvalue weighted by molar-refractivity contribution is -0.117. The van der Waals surface area contributed by atoms with Gasteiger partial charge in [-0.25, -0.2) is 4.98 Å². The minimum Gasteiger partial charge on any atom is -0.503 e. The van der Waals surface area contributed by atoms with E-state index in [4.69, 9.17) is 9.15 Å². The lowest BCUT2D eigenvalue weighted by atomic mass is 9.99. The summed E-state index contributed by atoms with van der Waals surface area (Å²) in [5, 5.41) is 11.5. The van der Waals surface area contributed by atoms with E-state index in [-0.39, 0.29) is 5.57 Å². The maximum atomic E-state index is 13.4. The molecule has 2 aromatic heterocycles. The largest absolute Gasteiger partial charge is 0.503 e. The summed E-state index contributed by atoms with van der Waals surface area (Å²) in [5.74, 6) is -0.720. The van der Waals surface area contributed by atoms with Crippen LogP contribution in [0.5, 0.6) is 5.75 Å². The van der Waals surface area contributed by atoms with E-state index in [1.165, 1.54) is 22.5 Å². The third kappa shape index (κ3) is 3.74.